The van der Waals surface area contributed by atoms with Gasteiger partial charge in [0.25, 0.3) is 5.69 Å². The Kier molecular flexibility index (Phi) is 4.41. The molecule has 1 heterocycles. The lowest BCUT2D eigenvalue weighted by Gasteiger charge is -2.13. The normalized spacial score (nSPS) is 22.9. The Morgan fingerprint density at radius 1 is 1.56 bits per heavy atom. The molecule has 0 saturated heterocycles. The molecule has 5 nitrogen and oxygen atoms in total. The molecule has 0 aromatic carbocycles. The standard InChI is InChI=1S/C12H17N3O2S/c1-2-18-11-5-3-9(7-11)14-12-6-4-10(8-13-12)15(16)17/h4,6,8-9,11H,2-3,5,7H2,1H3,(H,13,14). The first-order valence-corrected chi connectivity index (χ1v) is 7.22. The largest absolute Gasteiger partial charge is 0.367 e. The van der Waals surface area contributed by atoms with Gasteiger partial charge in [0.1, 0.15) is 12.0 Å². The summed E-state index contributed by atoms with van der Waals surface area (Å²) in [5.74, 6) is 1.89. The predicted octanol–water partition coefficient (Wildman–Crippen LogP) is 3.08. The third-order valence-corrected chi connectivity index (χ3v) is 4.33. The zero-order chi connectivity index (χ0) is 13.0. The minimum atomic E-state index is -0.430. The number of anilines is 1. The third-order valence-electron chi connectivity index (χ3n) is 3.10. The van der Waals surface area contributed by atoms with Crippen LogP contribution in [0.4, 0.5) is 11.5 Å². The van der Waals surface area contributed by atoms with Crippen LogP contribution in [0.25, 0.3) is 0 Å². The first-order chi connectivity index (χ1) is 8.69. The summed E-state index contributed by atoms with van der Waals surface area (Å²) < 4.78 is 0. The van der Waals surface area contributed by atoms with Gasteiger partial charge in [-0.05, 0) is 31.1 Å². The van der Waals surface area contributed by atoms with Crippen LogP contribution in [0.1, 0.15) is 26.2 Å². The fourth-order valence-corrected chi connectivity index (χ4v) is 3.39. The number of pyridine rings is 1. The molecule has 2 atom stereocenters. The molecule has 0 aliphatic heterocycles. The summed E-state index contributed by atoms with van der Waals surface area (Å²) in [6, 6.07) is 3.61. The van der Waals surface area contributed by atoms with Crippen molar-refractivity contribution < 1.29 is 4.92 Å². The molecule has 0 spiro atoms. The number of aromatic nitrogens is 1. The molecule has 1 aliphatic carbocycles. The van der Waals surface area contributed by atoms with Gasteiger partial charge in [-0.3, -0.25) is 10.1 Å². The lowest BCUT2D eigenvalue weighted by atomic mass is 10.2. The van der Waals surface area contributed by atoms with Gasteiger partial charge in [-0.1, -0.05) is 6.92 Å². The summed E-state index contributed by atoms with van der Waals surface area (Å²) in [6.45, 7) is 2.18. The maximum atomic E-state index is 10.5. The summed E-state index contributed by atoms with van der Waals surface area (Å²) >= 11 is 2.01. The van der Waals surface area contributed by atoms with Crippen molar-refractivity contribution in [2.24, 2.45) is 0 Å². The van der Waals surface area contributed by atoms with E-state index in [-0.39, 0.29) is 5.69 Å². The van der Waals surface area contributed by atoms with E-state index in [0.717, 1.165) is 29.7 Å². The topological polar surface area (TPSA) is 68.1 Å². The Labute approximate surface area is 111 Å². The van der Waals surface area contributed by atoms with E-state index in [2.05, 4.69) is 17.2 Å². The zero-order valence-electron chi connectivity index (χ0n) is 10.3. The first-order valence-electron chi connectivity index (χ1n) is 6.17. The van der Waals surface area contributed by atoms with Crippen molar-refractivity contribution >= 4 is 23.3 Å². The maximum Gasteiger partial charge on any atom is 0.287 e. The molecular formula is C12H17N3O2S. The molecule has 1 aromatic rings. The van der Waals surface area contributed by atoms with E-state index < -0.39 is 4.92 Å². The molecule has 1 N–H and O–H groups in total. The van der Waals surface area contributed by atoms with Gasteiger partial charge in [-0.2, -0.15) is 11.8 Å². The highest BCUT2D eigenvalue weighted by molar-refractivity contribution is 7.99. The van der Waals surface area contributed by atoms with Gasteiger partial charge < -0.3 is 5.32 Å². The Bertz CT molecular complexity index is 410. The number of thioether (sulfide) groups is 1. The van der Waals surface area contributed by atoms with Crippen LogP contribution in [-0.4, -0.2) is 27.0 Å². The fraction of sp³-hybridized carbons (Fsp3) is 0.583. The van der Waals surface area contributed by atoms with E-state index in [1.54, 1.807) is 6.07 Å². The SMILES string of the molecule is CCSC1CCC(Nc2ccc([N+](=O)[O-])cn2)C1. The molecule has 6 heteroatoms. The Morgan fingerprint density at radius 3 is 3.00 bits per heavy atom. The Morgan fingerprint density at radius 2 is 2.39 bits per heavy atom. The highest BCUT2D eigenvalue weighted by atomic mass is 32.2. The predicted molar refractivity (Wildman–Crippen MR) is 74.1 cm³/mol. The molecule has 0 bridgehead atoms. The average molecular weight is 267 g/mol. The van der Waals surface area contributed by atoms with E-state index in [9.17, 15) is 10.1 Å². The van der Waals surface area contributed by atoms with Gasteiger partial charge in [-0.15, -0.1) is 0 Å². The van der Waals surface area contributed by atoms with Crippen LogP contribution >= 0.6 is 11.8 Å². The van der Waals surface area contributed by atoms with Gasteiger partial charge in [0.15, 0.2) is 0 Å². The molecule has 1 fully saturated rings. The van der Waals surface area contributed by atoms with Gasteiger partial charge in [0.05, 0.1) is 4.92 Å². The monoisotopic (exact) mass is 267 g/mol. The van der Waals surface area contributed by atoms with E-state index in [4.69, 9.17) is 0 Å². The van der Waals surface area contributed by atoms with Crippen molar-refractivity contribution in [2.45, 2.75) is 37.5 Å². The summed E-state index contributed by atoms with van der Waals surface area (Å²) in [6.07, 6.45) is 4.84. The van der Waals surface area contributed by atoms with Crippen LogP contribution in [0.2, 0.25) is 0 Å². The smallest absolute Gasteiger partial charge is 0.287 e. The second-order valence-electron chi connectivity index (χ2n) is 4.39. The lowest BCUT2D eigenvalue weighted by molar-refractivity contribution is -0.385. The van der Waals surface area contributed by atoms with Gasteiger partial charge in [0, 0.05) is 17.4 Å². The minimum Gasteiger partial charge on any atom is -0.367 e. The van der Waals surface area contributed by atoms with Crippen molar-refractivity contribution in [3.63, 3.8) is 0 Å². The number of rotatable bonds is 5. The van der Waals surface area contributed by atoms with Crippen LogP contribution in [0.15, 0.2) is 18.3 Å². The number of hydrogen-bond donors (Lipinski definition) is 1. The van der Waals surface area contributed by atoms with Crippen LogP contribution < -0.4 is 5.32 Å². The molecular weight excluding hydrogens is 250 g/mol. The second-order valence-corrected chi connectivity index (χ2v) is 5.97. The summed E-state index contributed by atoms with van der Waals surface area (Å²) in [5, 5.41) is 14.6. The molecule has 1 aromatic heterocycles. The summed E-state index contributed by atoms with van der Waals surface area (Å²) in [7, 11) is 0. The molecule has 0 amide bonds. The Balaban J connectivity index is 1.88. The number of nitrogens with zero attached hydrogens (tertiary/aromatic N) is 2. The van der Waals surface area contributed by atoms with Crippen molar-refractivity contribution in [3.8, 4) is 0 Å². The molecule has 2 rings (SSSR count). The highest BCUT2D eigenvalue weighted by Crippen LogP contribution is 2.31. The zero-order valence-corrected chi connectivity index (χ0v) is 11.2. The average Bonchev–Trinajstić information content (AvgIpc) is 2.78. The molecule has 1 saturated carbocycles. The van der Waals surface area contributed by atoms with E-state index in [1.165, 1.54) is 18.7 Å². The molecule has 1 aliphatic rings. The quantitative estimate of drug-likeness (QED) is 0.656. The highest BCUT2D eigenvalue weighted by Gasteiger charge is 2.24. The van der Waals surface area contributed by atoms with Crippen molar-refractivity contribution in [3.05, 3.63) is 28.4 Å². The third kappa shape index (κ3) is 3.35. The van der Waals surface area contributed by atoms with E-state index >= 15 is 0 Å². The van der Waals surface area contributed by atoms with Crippen LogP contribution in [0.5, 0.6) is 0 Å². The maximum absolute atomic E-state index is 10.5. The summed E-state index contributed by atoms with van der Waals surface area (Å²) in [5.41, 5.74) is 0.0337. The molecule has 2 unspecified atom stereocenters. The number of nitro groups is 1. The van der Waals surface area contributed by atoms with E-state index in [0.29, 0.717) is 6.04 Å². The van der Waals surface area contributed by atoms with Crippen LogP contribution in [-0.2, 0) is 0 Å². The number of nitrogens with one attached hydrogen (secondary N) is 1. The van der Waals surface area contributed by atoms with Gasteiger partial charge in [-0.25, -0.2) is 4.98 Å². The van der Waals surface area contributed by atoms with Crippen LogP contribution in [0, 0.1) is 10.1 Å². The van der Waals surface area contributed by atoms with E-state index in [1.807, 2.05) is 11.8 Å². The van der Waals surface area contributed by atoms with Gasteiger partial charge >= 0.3 is 0 Å². The molecule has 0 radical (unpaired) electrons. The molecule has 98 valence electrons. The lowest BCUT2D eigenvalue weighted by Crippen LogP contribution is -2.16. The second kappa shape index (κ2) is 6.04. The van der Waals surface area contributed by atoms with Gasteiger partial charge in [0.2, 0.25) is 0 Å². The number of hydrogen-bond acceptors (Lipinski definition) is 5. The van der Waals surface area contributed by atoms with Crippen LogP contribution in [0.3, 0.4) is 0 Å². The van der Waals surface area contributed by atoms with Crippen molar-refractivity contribution in [1.82, 2.24) is 4.98 Å². The first kappa shape index (κ1) is 13.1. The van der Waals surface area contributed by atoms with Crippen molar-refractivity contribution in [2.75, 3.05) is 11.1 Å². The Hall–Kier alpha value is -1.30. The molecule has 18 heavy (non-hydrogen) atoms. The fourth-order valence-electron chi connectivity index (χ4n) is 2.25. The minimum absolute atomic E-state index is 0.0337. The summed E-state index contributed by atoms with van der Waals surface area (Å²) in [4.78, 5) is 14.2. The van der Waals surface area contributed by atoms with Crippen molar-refractivity contribution in [1.29, 1.82) is 0 Å².